The molecule has 0 saturated heterocycles. The Kier molecular flexibility index (Phi) is 68.2. The molecule has 0 aromatic rings. The van der Waals surface area contributed by atoms with Crippen molar-refractivity contribution in [1.82, 2.24) is 0 Å². The first kappa shape index (κ1) is 79.6. The maximum absolute atomic E-state index is 12.9. The number of esters is 3. The quantitative estimate of drug-likeness (QED) is 0.0261. The molecule has 6 nitrogen and oxygen atoms in total. The summed E-state index contributed by atoms with van der Waals surface area (Å²) in [5.74, 6) is -0.879. The molecule has 0 aliphatic carbocycles. The standard InChI is InChI=1S/C77H136O6/c1-4-7-10-13-15-17-19-21-23-25-27-29-31-33-34-35-36-37-38-39-40-41-42-44-45-47-49-51-53-55-57-59-61-64-67-70-76(79)82-73-74(72-81-75(78)69-66-63-12-9-6-3)83-77(80)71-68-65-62-60-58-56-54-52-50-48-46-43-32-30-28-26-24-22-20-18-16-14-11-8-5-2/h8,11,16,18-19,21-22,24-25,27-28,30,43,46,74H,4-7,9-10,12-15,17,20,23,26,29,31-42,44-45,47-73H2,1-3H3/b11-8-,18-16-,21-19-,24-22-,27-25-,30-28-,46-43-. The van der Waals surface area contributed by atoms with Gasteiger partial charge in [0, 0.05) is 19.3 Å². The highest BCUT2D eigenvalue weighted by molar-refractivity contribution is 5.71. The van der Waals surface area contributed by atoms with E-state index in [0.29, 0.717) is 19.3 Å². The van der Waals surface area contributed by atoms with Crippen LogP contribution in [-0.4, -0.2) is 37.2 Å². The summed E-state index contributed by atoms with van der Waals surface area (Å²) in [5, 5.41) is 0. The van der Waals surface area contributed by atoms with Crippen molar-refractivity contribution in [1.29, 1.82) is 0 Å². The third-order valence-electron chi connectivity index (χ3n) is 15.9. The summed E-state index contributed by atoms with van der Waals surface area (Å²) in [5.41, 5.74) is 0. The molecule has 83 heavy (non-hydrogen) atoms. The van der Waals surface area contributed by atoms with Crippen molar-refractivity contribution >= 4 is 17.9 Å². The number of rotatable bonds is 66. The fraction of sp³-hybridized carbons (Fsp3) is 0.779. The minimum Gasteiger partial charge on any atom is -0.462 e. The Balaban J connectivity index is 3.92. The minimum absolute atomic E-state index is 0.0752. The number of allylic oxidation sites excluding steroid dienone is 14. The topological polar surface area (TPSA) is 78.9 Å². The molecule has 0 radical (unpaired) electrons. The van der Waals surface area contributed by atoms with Gasteiger partial charge in [0.25, 0.3) is 0 Å². The molecule has 0 N–H and O–H groups in total. The lowest BCUT2D eigenvalue weighted by atomic mass is 10.0. The Hall–Kier alpha value is -3.41. The highest BCUT2D eigenvalue weighted by Gasteiger charge is 2.19. The summed E-state index contributed by atoms with van der Waals surface area (Å²) in [7, 11) is 0. The van der Waals surface area contributed by atoms with Crippen molar-refractivity contribution < 1.29 is 28.6 Å². The highest BCUT2D eigenvalue weighted by atomic mass is 16.6. The van der Waals surface area contributed by atoms with Crippen LogP contribution in [0.1, 0.15) is 367 Å². The van der Waals surface area contributed by atoms with E-state index in [4.69, 9.17) is 14.2 Å². The van der Waals surface area contributed by atoms with Crippen LogP contribution in [-0.2, 0) is 28.6 Å². The van der Waals surface area contributed by atoms with Crippen LogP contribution in [0.3, 0.4) is 0 Å². The zero-order chi connectivity index (χ0) is 59.9. The Morgan fingerprint density at radius 3 is 0.735 bits per heavy atom. The van der Waals surface area contributed by atoms with Crippen LogP contribution in [0, 0.1) is 0 Å². The van der Waals surface area contributed by atoms with Crippen molar-refractivity contribution in [3.05, 3.63) is 85.1 Å². The highest BCUT2D eigenvalue weighted by Crippen LogP contribution is 2.18. The second kappa shape index (κ2) is 71.1. The average Bonchev–Trinajstić information content (AvgIpc) is 3.49. The molecule has 1 unspecified atom stereocenters. The van der Waals surface area contributed by atoms with Gasteiger partial charge in [-0.3, -0.25) is 14.4 Å². The van der Waals surface area contributed by atoms with E-state index in [1.807, 2.05) is 0 Å². The number of hydrogen-bond donors (Lipinski definition) is 0. The van der Waals surface area contributed by atoms with E-state index in [1.54, 1.807) is 0 Å². The molecule has 1 atom stereocenters. The maximum atomic E-state index is 12.9. The molecule has 0 fully saturated rings. The lowest BCUT2D eigenvalue weighted by Gasteiger charge is -2.18. The Bertz CT molecular complexity index is 1570. The molecular formula is C77H136O6. The zero-order valence-corrected chi connectivity index (χ0v) is 55.2. The van der Waals surface area contributed by atoms with Crippen LogP contribution in [0.5, 0.6) is 0 Å². The molecule has 6 heteroatoms. The minimum atomic E-state index is -0.776. The SMILES string of the molecule is CC/C=C\C/C=C\C/C=C\C/C=C\C/C=C\CCCCCCCCCCCC(=O)OC(COC(=O)CCCCCCC)COC(=O)CCCCCCCCCCCCCCCCCCCCCCCCC/C=C\C/C=C\CCCCCCC. The molecule has 0 aliphatic rings. The van der Waals surface area contributed by atoms with E-state index in [-0.39, 0.29) is 31.1 Å². The summed E-state index contributed by atoms with van der Waals surface area (Å²) >= 11 is 0. The van der Waals surface area contributed by atoms with Crippen LogP contribution in [0.25, 0.3) is 0 Å². The number of ether oxygens (including phenoxy) is 3. The van der Waals surface area contributed by atoms with E-state index in [1.165, 1.54) is 218 Å². The average molecular weight is 1160 g/mol. The first-order chi connectivity index (χ1) is 41.0. The normalized spacial score (nSPS) is 12.6. The molecule has 0 spiro atoms. The Labute approximate surface area is 515 Å². The summed E-state index contributed by atoms with van der Waals surface area (Å²) in [4.78, 5) is 38.0. The van der Waals surface area contributed by atoms with Crippen molar-refractivity contribution in [3.63, 3.8) is 0 Å². The van der Waals surface area contributed by atoms with Gasteiger partial charge in [0.1, 0.15) is 13.2 Å². The van der Waals surface area contributed by atoms with Crippen LogP contribution in [0.4, 0.5) is 0 Å². The van der Waals surface area contributed by atoms with Crippen LogP contribution in [0.2, 0.25) is 0 Å². The van der Waals surface area contributed by atoms with Gasteiger partial charge in [-0.25, -0.2) is 0 Å². The Morgan fingerprint density at radius 1 is 0.253 bits per heavy atom. The third kappa shape index (κ3) is 69.3. The van der Waals surface area contributed by atoms with E-state index >= 15 is 0 Å². The van der Waals surface area contributed by atoms with Gasteiger partial charge in [-0.1, -0.05) is 337 Å². The number of carbonyl (C=O) groups is 3. The molecule has 0 saturated carbocycles. The van der Waals surface area contributed by atoms with Gasteiger partial charge in [-0.05, 0) is 96.3 Å². The van der Waals surface area contributed by atoms with Crippen LogP contribution < -0.4 is 0 Å². The van der Waals surface area contributed by atoms with Crippen molar-refractivity contribution in [2.45, 2.75) is 374 Å². The molecule has 480 valence electrons. The monoisotopic (exact) mass is 1160 g/mol. The maximum Gasteiger partial charge on any atom is 0.306 e. The van der Waals surface area contributed by atoms with Gasteiger partial charge in [0.05, 0.1) is 0 Å². The number of carbonyl (C=O) groups excluding carboxylic acids is 3. The summed E-state index contributed by atoms with van der Waals surface area (Å²) in [6.07, 6.45) is 95.4. The molecule has 0 aliphatic heterocycles. The fourth-order valence-corrected chi connectivity index (χ4v) is 10.5. The van der Waals surface area contributed by atoms with E-state index in [2.05, 4.69) is 106 Å². The fourth-order valence-electron chi connectivity index (χ4n) is 10.5. The second-order valence-corrected chi connectivity index (χ2v) is 24.1. The predicted molar refractivity (Wildman–Crippen MR) is 362 cm³/mol. The van der Waals surface area contributed by atoms with Gasteiger partial charge < -0.3 is 14.2 Å². The third-order valence-corrected chi connectivity index (χ3v) is 15.9. The summed E-state index contributed by atoms with van der Waals surface area (Å²) in [6.45, 7) is 6.47. The number of hydrogen-bond acceptors (Lipinski definition) is 6. The van der Waals surface area contributed by atoms with Gasteiger partial charge in [-0.15, -0.1) is 0 Å². The zero-order valence-electron chi connectivity index (χ0n) is 55.2. The molecule has 0 rings (SSSR count). The van der Waals surface area contributed by atoms with Gasteiger partial charge in [0.2, 0.25) is 0 Å². The summed E-state index contributed by atoms with van der Waals surface area (Å²) < 4.78 is 16.8. The molecule has 0 amide bonds. The van der Waals surface area contributed by atoms with Gasteiger partial charge in [0.15, 0.2) is 6.10 Å². The Morgan fingerprint density at radius 2 is 0.470 bits per heavy atom. The summed E-state index contributed by atoms with van der Waals surface area (Å²) in [6, 6.07) is 0. The van der Waals surface area contributed by atoms with Gasteiger partial charge in [-0.2, -0.15) is 0 Å². The van der Waals surface area contributed by atoms with E-state index in [0.717, 1.165) is 109 Å². The first-order valence-electron chi connectivity index (χ1n) is 36.1. The predicted octanol–water partition coefficient (Wildman–Crippen LogP) is 25.0. The molecule has 0 aromatic heterocycles. The lowest BCUT2D eigenvalue weighted by Crippen LogP contribution is -2.30. The smallest absolute Gasteiger partial charge is 0.306 e. The van der Waals surface area contributed by atoms with Gasteiger partial charge >= 0.3 is 17.9 Å². The lowest BCUT2D eigenvalue weighted by molar-refractivity contribution is -0.167. The molecule has 0 heterocycles. The second-order valence-electron chi connectivity index (χ2n) is 24.1. The van der Waals surface area contributed by atoms with Crippen molar-refractivity contribution in [2.75, 3.05) is 13.2 Å². The van der Waals surface area contributed by atoms with Crippen LogP contribution >= 0.6 is 0 Å². The molecular weight excluding hydrogens is 1020 g/mol. The van der Waals surface area contributed by atoms with Crippen LogP contribution in [0.15, 0.2) is 85.1 Å². The largest absolute Gasteiger partial charge is 0.462 e. The van der Waals surface area contributed by atoms with E-state index < -0.39 is 6.10 Å². The van der Waals surface area contributed by atoms with Crippen molar-refractivity contribution in [3.8, 4) is 0 Å². The number of unbranched alkanes of at least 4 members (excludes halogenated alkanes) is 41. The van der Waals surface area contributed by atoms with E-state index in [9.17, 15) is 14.4 Å². The van der Waals surface area contributed by atoms with Crippen molar-refractivity contribution in [2.24, 2.45) is 0 Å². The first-order valence-corrected chi connectivity index (χ1v) is 36.1. The molecule has 0 bridgehead atoms. The molecule has 0 aromatic carbocycles.